The van der Waals surface area contributed by atoms with E-state index in [-0.39, 0.29) is 0 Å². The van der Waals surface area contributed by atoms with Gasteiger partial charge in [-0.25, -0.2) is 0 Å². The SMILES string of the molecule is CCNc1nc(OC)nc(N2CCSC(C)C2C)n1. The second-order valence-corrected chi connectivity index (χ2v) is 5.97. The van der Waals surface area contributed by atoms with Crippen LogP contribution < -0.4 is 15.0 Å². The van der Waals surface area contributed by atoms with E-state index in [9.17, 15) is 0 Å². The third-order valence-electron chi connectivity index (χ3n) is 3.26. The van der Waals surface area contributed by atoms with Crippen LogP contribution in [0.5, 0.6) is 6.01 Å². The van der Waals surface area contributed by atoms with Crippen LogP contribution in [0.15, 0.2) is 0 Å². The summed E-state index contributed by atoms with van der Waals surface area (Å²) in [6, 6.07) is 0.763. The summed E-state index contributed by atoms with van der Waals surface area (Å²) >= 11 is 1.99. The second-order valence-electron chi connectivity index (χ2n) is 4.49. The van der Waals surface area contributed by atoms with Gasteiger partial charge in [0, 0.05) is 30.1 Å². The summed E-state index contributed by atoms with van der Waals surface area (Å²) in [5, 5.41) is 3.68. The van der Waals surface area contributed by atoms with Gasteiger partial charge in [0.2, 0.25) is 11.9 Å². The van der Waals surface area contributed by atoms with Gasteiger partial charge in [-0.15, -0.1) is 0 Å². The highest BCUT2D eigenvalue weighted by atomic mass is 32.2. The lowest BCUT2D eigenvalue weighted by atomic mass is 10.2. The summed E-state index contributed by atoms with van der Waals surface area (Å²) in [7, 11) is 1.58. The Morgan fingerprint density at radius 3 is 2.84 bits per heavy atom. The predicted octanol–water partition coefficient (Wildman–Crippen LogP) is 1.64. The summed E-state index contributed by atoms with van der Waals surface area (Å²) in [5.74, 6) is 2.36. The summed E-state index contributed by atoms with van der Waals surface area (Å²) < 4.78 is 5.16. The number of aromatic nitrogens is 3. The van der Waals surface area contributed by atoms with E-state index in [0.29, 0.717) is 29.2 Å². The van der Waals surface area contributed by atoms with Crippen molar-refractivity contribution in [1.82, 2.24) is 15.0 Å². The lowest BCUT2D eigenvalue weighted by Crippen LogP contribution is -2.45. The highest BCUT2D eigenvalue weighted by Gasteiger charge is 2.27. The molecule has 1 N–H and O–H groups in total. The monoisotopic (exact) mass is 283 g/mol. The number of nitrogens with zero attached hydrogens (tertiary/aromatic N) is 4. The average Bonchev–Trinajstić information content (AvgIpc) is 2.42. The zero-order valence-electron chi connectivity index (χ0n) is 11.9. The first-order valence-corrected chi connectivity index (χ1v) is 7.62. The third-order valence-corrected chi connectivity index (χ3v) is 4.60. The Kier molecular flexibility index (Phi) is 4.68. The van der Waals surface area contributed by atoms with E-state index in [1.54, 1.807) is 7.11 Å². The molecule has 19 heavy (non-hydrogen) atoms. The van der Waals surface area contributed by atoms with Gasteiger partial charge in [-0.2, -0.15) is 26.7 Å². The predicted molar refractivity (Wildman–Crippen MR) is 79.3 cm³/mol. The van der Waals surface area contributed by atoms with Crippen molar-refractivity contribution in [2.24, 2.45) is 0 Å². The Morgan fingerprint density at radius 2 is 2.16 bits per heavy atom. The van der Waals surface area contributed by atoms with Crippen LogP contribution in [-0.2, 0) is 0 Å². The van der Waals surface area contributed by atoms with Crippen LogP contribution in [0.1, 0.15) is 20.8 Å². The molecule has 1 aliphatic heterocycles. The summed E-state index contributed by atoms with van der Waals surface area (Å²) in [6.07, 6.45) is 0. The van der Waals surface area contributed by atoms with Crippen molar-refractivity contribution in [1.29, 1.82) is 0 Å². The fourth-order valence-corrected chi connectivity index (χ4v) is 3.12. The Balaban J connectivity index is 2.29. The molecule has 0 aliphatic carbocycles. The van der Waals surface area contributed by atoms with Crippen molar-refractivity contribution >= 4 is 23.7 Å². The lowest BCUT2D eigenvalue weighted by molar-refractivity contribution is 0.378. The molecule has 106 valence electrons. The fraction of sp³-hybridized carbons (Fsp3) is 0.750. The molecule has 1 fully saturated rings. The summed E-state index contributed by atoms with van der Waals surface area (Å²) in [5.41, 5.74) is 0. The first-order valence-electron chi connectivity index (χ1n) is 6.58. The van der Waals surface area contributed by atoms with E-state index < -0.39 is 0 Å². The van der Waals surface area contributed by atoms with Gasteiger partial charge < -0.3 is 15.0 Å². The molecule has 1 saturated heterocycles. The largest absolute Gasteiger partial charge is 0.467 e. The maximum atomic E-state index is 5.16. The molecule has 2 heterocycles. The molecule has 1 aromatic rings. The highest BCUT2D eigenvalue weighted by molar-refractivity contribution is 8.00. The number of nitrogens with one attached hydrogen (secondary N) is 1. The van der Waals surface area contributed by atoms with E-state index in [1.807, 2.05) is 18.7 Å². The topological polar surface area (TPSA) is 63.2 Å². The fourth-order valence-electron chi connectivity index (χ4n) is 2.02. The van der Waals surface area contributed by atoms with Crippen LogP contribution in [0.25, 0.3) is 0 Å². The Labute approximate surface area is 118 Å². The second kappa shape index (κ2) is 6.27. The number of hydrogen-bond donors (Lipinski definition) is 1. The molecule has 2 atom stereocenters. The molecule has 2 rings (SSSR count). The molecule has 0 saturated carbocycles. The number of rotatable bonds is 4. The Bertz CT molecular complexity index is 431. The lowest BCUT2D eigenvalue weighted by Gasteiger charge is -2.37. The van der Waals surface area contributed by atoms with Crippen LogP contribution in [-0.4, -0.2) is 52.2 Å². The van der Waals surface area contributed by atoms with Crippen LogP contribution in [0.4, 0.5) is 11.9 Å². The quantitative estimate of drug-likeness (QED) is 0.901. The zero-order chi connectivity index (χ0) is 13.8. The number of thioether (sulfide) groups is 1. The molecule has 2 unspecified atom stereocenters. The van der Waals surface area contributed by atoms with Crippen LogP contribution in [0.3, 0.4) is 0 Å². The van der Waals surface area contributed by atoms with E-state index in [0.717, 1.165) is 18.8 Å². The third kappa shape index (κ3) is 3.20. The van der Waals surface area contributed by atoms with Crippen molar-refractivity contribution in [2.45, 2.75) is 32.1 Å². The molecule has 0 spiro atoms. The average molecular weight is 283 g/mol. The van der Waals surface area contributed by atoms with Crippen molar-refractivity contribution in [3.05, 3.63) is 0 Å². The smallest absolute Gasteiger partial charge is 0.322 e. The molecule has 0 aromatic carbocycles. The zero-order valence-corrected chi connectivity index (χ0v) is 12.7. The highest BCUT2D eigenvalue weighted by Crippen LogP contribution is 2.28. The van der Waals surface area contributed by atoms with Gasteiger partial charge >= 0.3 is 6.01 Å². The molecule has 0 bridgehead atoms. The van der Waals surface area contributed by atoms with Crippen molar-refractivity contribution < 1.29 is 4.74 Å². The van der Waals surface area contributed by atoms with E-state index in [1.165, 1.54) is 0 Å². The van der Waals surface area contributed by atoms with Gasteiger partial charge in [0.25, 0.3) is 0 Å². The molecular formula is C12H21N5OS. The molecule has 1 aromatic heterocycles. The first-order chi connectivity index (χ1) is 9.15. The van der Waals surface area contributed by atoms with Gasteiger partial charge in [-0.05, 0) is 13.8 Å². The minimum atomic E-state index is 0.360. The van der Waals surface area contributed by atoms with Crippen LogP contribution in [0, 0.1) is 0 Å². The van der Waals surface area contributed by atoms with E-state index in [2.05, 4.69) is 39.0 Å². The number of hydrogen-bond acceptors (Lipinski definition) is 7. The van der Waals surface area contributed by atoms with E-state index >= 15 is 0 Å². The van der Waals surface area contributed by atoms with Crippen molar-refractivity contribution in [3.8, 4) is 6.01 Å². The normalized spacial score (nSPS) is 23.3. The van der Waals surface area contributed by atoms with Gasteiger partial charge in [0.15, 0.2) is 0 Å². The van der Waals surface area contributed by atoms with Crippen LogP contribution >= 0.6 is 11.8 Å². The Morgan fingerprint density at radius 1 is 1.37 bits per heavy atom. The maximum Gasteiger partial charge on any atom is 0.322 e. The standard InChI is InChI=1S/C12H21N5OS/c1-5-13-10-14-11(16-12(15-10)18-4)17-6-7-19-9(3)8(17)2/h8-9H,5-7H2,1-4H3,(H,13,14,15,16). The van der Waals surface area contributed by atoms with Gasteiger partial charge in [0.05, 0.1) is 7.11 Å². The summed E-state index contributed by atoms with van der Waals surface area (Å²) in [6.45, 7) is 8.19. The molecule has 0 amide bonds. The van der Waals surface area contributed by atoms with Crippen molar-refractivity contribution in [2.75, 3.05) is 36.2 Å². The van der Waals surface area contributed by atoms with Crippen LogP contribution in [0.2, 0.25) is 0 Å². The molecule has 1 aliphatic rings. The number of methoxy groups -OCH3 is 1. The van der Waals surface area contributed by atoms with Gasteiger partial charge in [0.1, 0.15) is 0 Å². The molecular weight excluding hydrogens is 262 g/mol. The summed E-state index contributed by atoms with van der Waals surface area (Å²) in [4.78, 5) is 15.3. The van der Waals surface area contributed by atoms with E-state index in [4.69, 9.17) is 4.74 Å². The maximum absolute atomic E-state index is 5.16. The van der Waals surface area contributed by atoms with Gasteiger partial charge in [-0.3, -0.25) is 0 Å². The minimum absolute atomic E-state index is 0.360. The molecule has 0 radical (unpaired) electrons. The molecule has 7 heteroatoms. The van der Waals surface area contributed by atoms with Crippen molar-refractivity contribution in [3.63, 3.8) is 0 Å². The minimum Gasteiger partial charge on any atom is -0.467 e. The number of anilines is 2. The Hall–Kier alpha value is -1.24. The van der Waals surface area contributed by atoms with Gasteiger partial charge in [-0.1, -0.05) is 6.92 Å². The molecule has 6 nitrogen and oxygen atoms in total. The first kappa shape index (κ1) is 14.2. The number of ether oxygens (including phenoxy) is 1.